The van der Waals surface area contributed by atoms with Gasteiger partial charge in [0.05, 0.1) is 11.5 Å². The molecule has 2 aromatic carbocycles. The molecule has 0 saturated heterocycles. The third-order valence-corrected chi connectivity index (χ3v) is 5.71. The van der Waals surface area contributed by atoms with E-state index < -0.39 is 22.2 Å². The number of aromatic nitrogens is 2. The summed E-state index contributed by atoms with van der Waals surface area (Å²) in [5.41, 5.74) is 1.61. The number of esters is 1. The Hall–Kier alpha value is -3.17. The zero-order chi connectivity index (χ0) is 22.3. The minimum atomic E-state index is -4.14. The van der Waals surface area contributed by atoms with Gasteiger partial charge in [-0.25, -0.2) is 9.78 Å². The SMILES string of the molecule is CCOC(=O)C(Cc1ccc(OCc2ncc[nH]2)cc1)OS(=O)(=O)c1ccc(C)cc1. The molecular weight excluding hydrogens is 420 g/mol. The molecule has 0 saturated carbocycles. The minimum absolute atomic E-state index is 0.0194. The van der Waals surface area contributed by atoms with Crippen molar-refractivity contribution in [3.05, 3.63) is 77.9 Å². The molecule has 9 heteroatoms. The first-order valence-electron chi connectivity index (χ1n) is 9.74. The number of H-pyrrole nitrogens is 1. The molecule has 3 aromatic rings. The van der Waals surface area contributed by atoms with E-state index in [9.17, 15) is 13.2 Å². The minimum Gasteiger partial charge on any atom is -0.486 e. The summed E-state index contributed by atoms with van der Waals surface area (Å²) < 4.78 is 41.2. The number of imidazole rings is 1. The van der Waals surface area contributed by atoms with E-state index >= 15 is 0 Å². The predicted molar refractivity (Wildman–Crippen MR) is 113 cm³/mol. The van der Waals surface area contributed by atoms with Crippen LogP contribution in [0.5, 0.6) is 5.75 Å². The van der Waals surface area contributed by atoms with E-state index in [0.717, 1.165) is 5.56 Å². The van der Waals surface area contributed by atoms with E-state index in [1.807, 2.05) is 6.92 Å². The van der Waals surface area contributed by atoms with Crippen LogP contribution in [0, 0.1) is 6.92 Å². The fourth-order valence-corrected chi connectivity index (χ4v) is 3.80. The highest BCUT2D eigenvalue weighted by Gasteiger charge is 2.29. The number of ether oxygens (including phenoxy) is 2. The summed E-state index contributed by atoms with van der Waals surface area (Å²) in [5, 5.41) is 0. The third kappa shape index (κ3) is 6.40. The molecule has 0 fully saturated rings. The number of hydrogen-bond donors (Lipinski definition) is 1. The van der Waals surface area contributed by atoms with Crippen LogP contribution < -0.4 is 4.74 Å². The van der Waals surface area contributed by atoms with Crippen LogP contribution in [0.1, 0.15) is 23.9 Å². The molecule has 164 valence electrons. The largest absolute Gasteiger partial charge is 0.486 e. The standard InChI is InChI=1S/C22H24N2O6S/c1-3-28-22(25)20(30-31(26,27)19-10-4-16(2)5-11-19)14-17-6-8-18(9-7-17)29-15-21-23-12-13-24-21/h4-13,20H,3,14-15H2,1-2H3,(H,23,24). The molecule has 0 aliphatic heterocycles. The summed E-state index contributed by atoms with van der Waals surface area (Å²) in [6.45, 7) is 3.90. The zero-order valence-electron chi connectivity index (χ0n) is 17.3. The van der Waals surface area contributed by atoms with Crippen molar-refractivity contribution in [2.24, 2.45) is 0 Å². The van der Waals surface area contributed by atoms with Crippen molar-refractivity contribution in [2.75, 3.05) is 6.61 Å². The Morgan fingerprint density at radius 2 is 1.81 bits per heavy atom. The van der Waals surface area contributed by atoms with Gasteiger partial charge in [-0.15, -0.1) is 0 Å². The normalized spacial score (nSPS) is 12.3. The van der Waals surface area contributed by atoms with Crippen LogP contribution >= 0.6 is 0 Å². The topological polar surface area (TPSA) is 108 Å². The highest BCUT2D eigenvalue weighted by Crippen LogP contribution is 2.20. The van der Waals surface area contributed by atoms with Crippen LogP contribution in [0.2, 0.25) is 0 Å². The molecule has 0 radical (unpaired) electrons. The third-order valence-electron chi connectivity index (χ3n) is 4.38. The number of aryl methyl sites for hydroxylation is 1. The van der Waals surface area contributed by atoms with E-state index in [0.29, 0.717) is 17.1 Å². The summed E-state index contributed by atoms with van der Waals surface area (Å²) in [4.78, 5) is 19.4. The smallest absolute Gasteiger partial charge is 0.337 e. The molecule has 1 aromatic heterocycles. The Morgan fingerprint density at radius 3 is 2.42 bits per heavy atom. The van der Waals surface area contributed by atoms with Gasteiger partial charge >= 0.3 is 5.97 Å². The summed E-state index contributed by atoms with van der Waals surface area (Å²) in [6.07, 6.45) is 2.08. The lowest BCUT2D eigenvalue weighted by atomic mass is 10.1. The summed E-state index contributed by atoms with van der Waals surface area (Å²) in [5.74, 6) is 0.568. The van der Waals surface area contributed by atoms with Gasteiger partial charge in [-0.05, 0) is 43.7 Å². The molecule has 0 spiro atoms. The molecule has 31 heavy (non-hydrogen) atoms. The lowest BCUT2D eigenvalue weighted by molar-refractivity contribution is -0.151. The number of benzene rings is 2. The zero-order valence-corrected chi connectivity index (χ0v) is 18.1. The number of aromatic amines is 1. The Balaban J connectivity index is 1.70. The van der Waals surface area contributed by atoms with Gasteiger partial charge in [0.2, 0.25) is 0 Å². The fraction of sp³-hybridized carbons (Fsp3) is 0.273. The maximum Gasteiger partial charge on any atom is 0.337 e. The van der Waals surface area contributed by atoms with E-state index in [-0.39, 0.29) is 24.5 Å². The van der Waals surface area contributed by atoms with Crippen molar-refractivity contribution in [3.8, 4) is 5.75 Å². The van der Waals surface area contributed by atoms with Gasteiger partial charge in [0.1, 0.15) is 18.2 Å². The number of rotatable bonds is 10. The average molecular weight is 445 g/mol. The van der Waals surface area contributed by atoms with Crippen molar-refractivity contribution in [1.82, 2.24) is 9.97 Å². The molecule has 0 bridgehead atoms. The number of carbonyl (C=O) groups excluding carboxylic acids is 1. The second kappa shape index (κ2) is 10.2. The van der Waals surface area contributed by atoms with Crippen LogP contribution in [0.15, 0.2) is 65.8 Å². The van der Waals surface area contributed by atoms with Crippen LogP contribution in [-0.2, 0) is 36.9 Å². The van der Waals surface area contributed by atoms with E-state index in [4.69, 9.17) is 13.7 Å². The monoisotopic (exact) mass is 444 g/mol. The molecule has 1 heterocycles. The molecule has 0 aliphatic carbocycles. The summed E-state index contributed by atoms with van der Waals surface area (Å²) in [6, 6.07) is 13.2. The van der Waals surface area contributed by atoms with Gasteiger partial charge < -0.3 is 14.5 Å². The summed E-state index contributed by atoms with van der Waals surface area (Å²) >= 11 is 0. The Morgan fingerprint density at radius 1 is 1.10 bits per heavy atom. The van der Waals surface area contributed by atoms with Gasteiger partial charge in [0.15, 0.2) is 6.10 Å². The molecule has 0 amide bonds. The van der Waals surface area contributed by atoms with Crippen LogP contribution in [0.3, 0.4) is 0 Å². The maximum atomic E-state index is 12.6. The van der Waals surface area contributed by atoms with Gasteiger partial charge in [-0.1, -0.05) is 29.8 Å². The van der Waals surface area contributed by atoms with Crippen molar-refractivity contribution >= 4 is 16.1 Å². The number of hydrogen-bond acceptors (Lipinski definition) is 7. The number of carbonyl (C=O) groups is 1. The first-order chi connectivity index (χ1) is 14.9. The molecule has 1 N–H and O–H groups in total. The molecular formula is C22H24N2O6S. The number of nitrogens with one attached hydrogen (secondary N) is 1. The lowest BCUT2D eigenvalue weighted by Crippen LogP contribution is -2.31. The fourth-order valence-electron chi connectivity index (χ4n) is 2.77. The van der Waals surface area contributed by atoms with Crippen LogP contribution in [0.4, 0.5) is 0 Å². The molecule has 8 nitrogen and oxygen atoms in total. The average Bonchev–Trinajstić information content (AvgIpc) is 3.27. The van der Waals surface area contributed by atoms with Gasteiger partial charge in [-0.2, -0.15) is 8.42 Å². The maximum absolute atomic E-state index is 12.6. The second-order valence-electron chi connectivity index (χ2n) is 6.78. The first kappa shape index (κ1) is 22.5. The number of nitrogens with zero attached hydrogens (tertiary/aromatic N) is 1. The Labute approximate surface area is 181 Å². The van der Waals surface area contributed by atoms with Crippen LogP contribution in [0.25, 0.3) is 0 Å². The quantitative estimate of drug-likeness (QED) is 0.378. The molecule has 0 aliphatic rings. The van der Waals surface area contributed by atoms with Crippen molar-refractivity contribution < 1.29 is 26.9 Å². The predicted octanol–water partition coefficient (Wildman–Crippen LogP) is 3.18. The molecule has 1 unspecified atom stereocenters. The van der Waals surface area contributed by atoms with Gasteiger partial charge in [0.25, 0.3) is 10.1 Å². The van der Waals surface area contributed by atoms with Gasteiger partial charge in [-0.3, -0.25) is 4.18 Å². The van der Waals surface area contributed by atoms with Crippen LogP contribution in [-0.4, -0.2) is 37.1 Å². The van der Waals surface area contributed by atoms with Crippen molar-refractivity contribution in [3.63, 3.8) is 0 Å². The summed E-state index contributed by atoms with van der Waals surface area (Å²) in [7, 11) is -4.14. The Bertz CT molecular complexity index is 1080. The second-order valence-corrected chi connectivity index (χ2v) is 8.35. The highest BCUT2D eigenvalue weighted by molar-refractivity contribution is 7.86. The first-order valence-corrected chi connectivity index (χ1v) is 11.1. The van der Waals surface area contributed by atoms with Gasteiger partial charge in [0, 0.05) is 18.8 Å². The van der Waals surface area contributed by atoms with E-state index in [2.05, 4.69) is 9.97 Å². The molecule has 1 atom stereocenters. The van der Waals surface area contributed by atoms with E-state index in [1.54, 1.807) is 55.7 Å². The Kier molecular flexibility index (Phi) is 7.43. The van der Waals surface area contributed by atoms with Crippen molar-refractivity contribution in [1.29, 1.82) is 0 Å². The van der Waals surface area contributed by atoms with E-state index in [1.165, 1.54) is 12.1 Å². The lowest BCUT2D eigenvalue weighted by Gasteiger charge is -2.17. The highest BCUT2D eigenvalue weighted by atomic mass is 32.2. The van der Waals surface area contributed by atoms with Crippen molar-refractivity contribution in [2.45, 2.75) is 37.9 Å². The molecule has 3 rings (SSSR count).